The summed E-state index contributed by atoms with van der Waals surface area (Å²) in [6.07, 6.45) is -1.22. The van der Waals surface area contributed by atoms with Crippen molar-refractivity contribution in [2.24, 2.45) is 4.99 Å². The summed E-state index contributed by atoms with van der Waals surface area (Å²) in [5.41, 5.74) is 0.509. The molecule has 5 nitrogen and oxygen atoms in total. The Kier molecular flexibility index (Phi) is 5.41. The van der Waals surface area contributed by atoms with Crippen LogP contribution >= 0.6 is 0 Å². The molecule has 2 aromatic rings. The van der Waals surface area contributed by atoms with Gasteiger partial charge in [0.1, 0.15) is 5.82 Å². The smallest absolute Gasteiger partial charge is 0.299 e. The molecule has 0 amide bonds. The van der Waals surface area contributed by atoms with E-state index in [1.54, 1.807) is 20.8 Å². The first-order chi connectivity index (χ1) is 11.9. The molecule has 9 heteroatoms. The van der Waals surface area contributed by atoms with Crippen LogP contribution in [0.3, 0.4) is 0 Å². The zero-order valence-electron chi connectivity index (χ0n) is 14.7. The van der Waals surface area contributed by atoms with Crippen molar-refractivity contribution < 1.29 is 21.6 Å². The maximum absolute atomic E-state index is 13.1. The molecule has 0 spiro atoms. The van der Waals surface area contributed by atoms with Crippen LogP contribution in [-0.2, 0) is 16.0 Å². The molecule has 1 aromatic heterocycles. The van der Waals surface area contributed by atoms with Crippen LogP contribution in [0.5, 0.6) is 0 Å². The SMILES string of the molecule is CC(C)=N/C=C(\C)c1nc(C(F)(F)F)cn1-c1ccc(S(C)(=O)=O)cc1. The molecule has 0 bridgehead atoms. The van der Waals surface area contributed by atoms with Crippen molar-refractivity contribution in [2.45, 2.75) is 31.8 Å². The first kappa shape index (κ1) is 19.9. The number of sulfone groups is 1. The Morgan fingerprint density at radius 1 is 1.15 bits per heavy atom. The number of benzene rings is 1. The minimum atomic E-state index is -4.60. The lowest BCUT2D eigenvalue weighted by atomic mass is 10.2. The predicted octanol–water partition coefficient (Wildman–Crippen LogP) is 4.14. The van der Waals surface area contributed by atoms with Gasteiger partial charge in [0.15, 0.2) is 15.5 Å². The van der Waals surface area contributed by atoms with Crippen molar-refractivity contribution in [3.8, 4) is 5.69 Å². The third-order valence-electron chi connectivity index (χ3n) is 3.41. The Morgan fingerprint density at radius 2 is 1.73 bits per heavy atom. The second-order valence-corrected chi connectivity index (χ2v) is 7.99. The van der Waals surface area contributed by atoms with E-state index in [4.69, 9.17) is 0 Å². The van der Waals surface area contributed by atoms with Crippen molar-refractivity contribution in [1.29, 1.82) is 0 Å². The molecule has 0 aliphatic carbocycles. The second-order valence-electron chi connectivity index (χ2n) is 5.97. The third kappa shape index (κ3) is 4.60. The molecule has 0 unspecified atom stereocenters. The van der Waals surface area contributed by atoms with E-state index in [1.165, 1.54) is 35.0 Å². The largest absolute Gasteiger partial charge is 0.434 e. The van der Waals surface area contributed by atoms with Gasteiger partial charge in [-0.25, -0.2) is 13.4 Å². The highest BCUT2D eigenvalue weighted by Gasteiger charge is 2.35. The van der Waals surface area contributed by atoms with E-state index in [2.05, 4.69) is 9.98 Å². The molecule has 0 N–H and O–H groups in total. The van der Waals surface area contributed by atoms with Gasteiger partial charge in [0.2, 0.25) is 0 Å². The minimum Gasteiger partial charge on any atom is -0.299 e. The summed E-state index contributed by atoms with van der Waals surface area (Å²) in [5.74, 6) is 0.0782. The fourth-order valence-electron chi connectivity index (χ4n) is 2.13. The summed E-state index contributed by atoms with van der Waals surface area (Å²) in [6, 6.07) is 5.55. The predicted molar refractivity (Wildman–Crippen MR) is 94.1 cm³/mol. The number of hydrogen-bond acceptors (Lipinski definition) is 4. The Morgan fingerprint density at radius 3 is 2.19 bits per heavy atom. The molecular weight excluding hydrogens is 367 g/mol. The van der Waals surface area contributed by atoms with E-state index in [-0.39, 0.29) is 10.7 Å². The number of halogens is 3. The number of allylic oxidation sites excluding steroid dienone is 1. The molecule has 2 rings (SSSR count). The summed E-state index contributed by atoms with van der Waals surface area (Å²) in [7, 11) is -3.40. The average Bonchev–Trinajstić information content (AvgIpc) is 2.97. The number of imidazole rings is 1. The molecular formula is C17H18F3N3O2S. The van der Waals surface area contributed by atoms with Crippen LogP contribution in [0.4, 0.5) is 13.2 Å². The van der Waals surface area contributed by atoms with E-state index in [9.17, 15) is 21.6 Å². The molecule has 1 aromatic carbocycles. The lowest BCUT2D eigenvalue weighted by Crippen LogP contribution is -2.05. The Bertz CT molecular complexity index is 966. The highest BCUT2D eigenvalue weighted by Crippen LogP contribution is 2.31. The Labute approximate surface area is 149 Å². The number of nitrogens with zero attached hydrogens (tertiary/aromatic N) is 3. The Balaban J connectivity index is 2.61. The number of rotatable bonds is 4. The molecule has 0 radical (unpaired) electrons. The molecule has 0 saturated heterocycles. The average molecular weight is 385 g/mol. The van der Waals surface area contributed by atoms with Gasteiger partial charge in [0, 0.05) is 35.6 Å². The van der Waals surface area contributed by atoms with Crippen molar-refractivity contribution in [1.82, 2.24) is 9.55 Å². The summed E-state index contributed by atoms with van der Waals surface area (Å²) < 4.78 is 63.6. The molecule has 140 valence electrons. The van der Waals surface area contributed by atoms with E-state index < -0.39 is 21.7 Å². The molecule has 0 saturated carbocycles. The van der Waals surface area contributed by atoms with Crippen LogP contribution in [0.15, 0.2) is 46.6 Å². The van der Waals surface area contributed by atoms with Crippen molar-refractivity contribution in [3.05, 3.63) is 48.2 Å². The quantitative estimate of drug-likeness (QED) is 0.743. The van der Waals surface area contributed by atoms with Gasteiger partial charge in [0.25, 0.3) is 0 Å². The van der Waals surface area contributed by atoms with E-state index in [0.29, 0.717) is 11.3 Å². The minimum absolute atomic E-state index is 0.0782. The van der Waals surface area contributed by atoms with Gasteiger partial charge in [-0.15, -0.1) is 0 Å². The highest BCUT2D eigenvalue weighted by molar-refractivity contribution is 7.90. The van der Waals surface area contributed by atoms with Gasteiger partial charge in [-0.1, -0.05) is 0 Å². The highest BCUT2D eigenvalue weighted by atomic mass is 32.2. The van der Waals surface area contributed by atoms with Gasteiger partial charge in [-0.05, 0) is 45.0 Å². The Hall–Kier alpha value is -2.42. The van der Waals surface area contributed by atoms with E-state index in [0.717, 1.165) is 18.2 Å². The fraction of sp³-hybridized carbons (Fsp3) is 0.294. The maximum Gasteiger partial charge on any atom is 0.434 e. The van der Waals surface area contributed by atoms with Gasteiger partial charge >= 0.3 is 6.18 Å². The van der Waals surface area contributed by atoms with E-state index in [1.807, 2.05) is 0 Å². The maximum atomic E-state index is 13.1. The molecule has 26 heavy (non-hydrogen) atoms. The second kappa shape index (κ2) is 7.06. The number of hydrogen-bond donors (Lipinski definition) is 0. The first-order valence-corrected chi connectivity index (χ1v) is 9.44. The van der Waals surface area contributed by atoms with Gasteiger partial charge in [0.05, 0.1) is 4.90 Å². The zero-order valence-corrected chi connectivity index (χ0v) is 15.5. The summed E-state index contributed by atoms with van der Waals surface area (Å²) in [4.78, 5) is 7.86. The zero-order chi connectivity index (χ0) is 19.7. The lowest BCUT2D eigenvalue weighted by molar-refractivity contribution is -0.140. The van der Waals surface area contributed by atoms with Crippen molar-refractivity contribution in [2.75, 3.05) is 6.26 Å². The third-order valence-corrected chi connectivity index (χ3v) is 4.54. The number of alkyl halides is 3. The van der Waals surface area contributed by atoms with Crippen molar-refractivity contribution >= 4 is 21.1 Å². The van der Waals surface area contributed by atoms with Crippen LogP contribution in [0.1, 0.15) is 32.3 Å². The van der Waals surface area contributed by atoms with Crippen LogP contribution < -0.4 is 0 Å². The topological polar surface area (TPSA) is 64.3 Å². The van der Waals surface area contributed by atoms with Crippen LogP contribution in [-0.4, -0.2) is 29.9 Å². The fourth-order valence-corrected chi connectivity index (χ4v) is 2.76. The number of aliphatic imine (C=N–C) groups is 1. The summed E-state index contributed by atoms with van der Waals surface area (Å²) in [5, 5.41) is 0. The summed E-state index contributed by atoms with van der Waals surface area (Å²) >= 11 is 0. The molecule has 0 atom stereocenters. The molecule has 1 heterocycles. The normalized spacial score (nSPS) is 13.0. The van der Waals surface area contributed by atoms with Crippen LogP contribution in [0.2, 0.25) is 0 Å². The van der Waals surface area contributed by atoms with Crippen LogP contribution in [0, 0.1) is 0 Å². The monoisotopic (exact) mass is 385 g/mol. The van der Waals surface area contributed by atoms with Crippen LogP contribution in [0.25, 0.3) is 11.3 Å². The van der Waals surface area contributed by atoms with E-state index >= 15 is 0 Å². The molecule has 0 aliphatic rings. The molecule has 0 fully saturated rings. The van der Waals surface area contributed by atoms with Crippen molar-refractivity contribution in [3.63, 3.8) is 0 Å². The standard InChI is InChI=1S/C17H18F3N3O2S/c1-11(2)21-9-12(3)16-22-15(17(18,19)20)10-23(16)13-5-7-14(8-6-13)26(4,24)25/h5-10H,1-4H3/b12-9+. The molecule has 0 aliphatic heterocycles. The number of aromatic nitrogens is 2. The first-order valence-electron chi connectivity index (χ1n) is 7.55. The lowest BCUT2D eigenvalue weighted by Gasteiger charge is -2.08. The summed E-state index contributed by atoms with van der Waals surface area (Å²) in [6.45, 7) is 5.14. The van der Waals surface area contributed by atoms with Gasteiger partial charge < -0.3 is 0 Å². The van der Waals surface area contributed by atoms with Gasteiger partial charge in [-0.2, -0.15) is 13.2 Å². The van der Waals surface area contributed by atoms with Gasteiger partial charge in [-0.3, -0.25) is 9.56 Å².